The fourth-order valence-corrected chi connectivity index (χ4v) is 2.23. The fourth-order valence-electron chi connectivity index (χ4n) is 2.23. The first-order chi connectivity index (χ1) is 6.94. The first-order valence-electron chi connectivity index (χ1n) is 5.58. The third-order valence-electron chi connectivity index (χ3n) is 4.08. The van der Waals surface area contributed by atoms with Gasteiger partial charge in [-0.25, -0.2) is 0 Å². The van der Waals surface area contributed by atoms with E-state index in [2.05, 4.69) is 4.90 Å². The van der Waals surface area contributed by atoms with E-state index in [0.29, 0.717) is 0 Å². The van der Waals surface area contributed by atoms with Gasteiger partial charge >= 0.3 is 0 Å². The van der Waals surface area contributed by atoms with Crippen molar-refractivity contribution in [1.82, 2.24) is 9.80 Å². The highest BCUT2D eigenvalue weighted by molar-refractivity contribution is 5.87. The van der Waals surface area contributed by atoms with E-state index in [1.807, 2.05) is 25.8 Å². The summed E-state index contributed by atoms with van der Waals surface area (Å²) >= 11 is 0. The van der Waals surface area contributed by atoms with Crippen LogP contribution in [0.5, 0.6) is 0 Å². The van der Waals surface area contributed by atoms with Crippen LogP contribution in [0.3, 0.4) is 0 Å². The van der Waals surface area contributed by atoms with Crippen LogP contribution in [0.2, 0.25) is 0 Å². The predicted octanol–water partition coefficient (Wildman–Crippen LogP) is 0.0639. The van der Waals surface area contributed by atoms with Crippen molar-refractivity contribution < 1.29 is 9.90 Å². The molecular formula is C11H20N2O2. The van der Waals surface area contributed by atoms with Crippen molar-refractivity contribution in [3.8, 4) is 0 Å². The lowest BCUT2D eigenvalue weighted by Gasteiger charge is -2.47. The van der Waals surface area contributed by atoms with Crippen LogP contribution in [0.1, 0.15) is 26.7 Å². The molecule has 1 aliphatic heterocycles. The molecule has 4 heteroatoms. The quantitative estimate of drug-likeness (QED) is 0.704. The van der Waals surface area contributed by atoms with Gasteiger partial charge in [0, 0.05) is 13.1 Å². The molecule has 0 spiro atoms. The Morgan fingerprint density at radius 1 is 1.33 bits per heavy atom. The standard InChI is InChI=1S/C11H20N2O2/c1-10(2)9(15)13(7-6-12(10)3)11(8-14)4-5-11/h14H,4-8H2,1-3H3. The van der Waals surface area contributed by atoms with Crippen molar-refractivity contribution in [2.24, 2.45) is 0 Å². The molecule has 1 N–H and O–H groups in total. The van der Waals surface area contributed by atoms with E-state index in [1.54, 1.807) is 0 Å². The highest BCUT2D eigenvalue weighted by Gasteiger charge is 2.54. The van der Waals surface area contributed by atoms with Gasteiger partial charge in [0.1, 0.15) is 0 Å². The number of carbonyl (C=O) groups excluding carboxylic acids is 1. The molecule has 86 valence electrons. The molecule has 2 fully saturated rings. The van der Waals surface area contributed by atoms with E-state index in [9.17, 15) is 9.90 Å². The zero-order chi connectivity index (χ0) is 11.3. The molecule has 1 saturated heterocycles. The smallest absolute Gasteiger partial charge is 0.243 e. The Labute approximate surface area is 90.9 Å². The van der Waals surface area contributed by atoms with Crippen LogP contribution in [0.4, 0.5) is 0 Å². The van der Waals surface area contributed by atoms with Crippen LogP contribution >= 0.6 is 0 Å². The zero-order valence-electron chi connectivity index (χ0n) is 9.79. The van der Waals surface area contributed by atoms with Gasteiger partial charge in [-0.2, -0.15) is 0 Å². The van der Waals surface area contributed by atoms with Crippen LogP contribution in [0, 0.1) is 0 Å². The Bertz CT molecular complexity index is 284. The van der Waals surface area contributed by atoms with E-state index in [4.69, 9.17) is 0 Å². The van der Waals surface area contributed by atoms with Crippen LogP contribution < -0.4 is 0 Å². The minimum Gasteiger partial charge on any atom is -0.394 e. The second-order valence-corrected chi connectivity index (χ2v) is 5.32. The summed E-state index contributed by atoms with van der Waals surface area (Å²) in [6.45, 7) is 5.66. The molecule has 0 aromatic heterocycles. The van der Waals surface area contributed by atoms with Gasteiger partial charge in [-0.1, -0.05) is 0 Å². The zero-order valence-corrected chi connectivity index (χ0v) is 9.79. The number of likely N-dealkylation sites (N-methyl/N-ethyl adjacent to an activating group) is 1. The van der Waals surface area contributed by atoms with E-state index >= 15 is 0 Å². The highest BCUT2D eigenvalue weighted by Crippen LogP contribution is 2.43. The van der Waals surface area contributed by atoms with E-state index in [1.165, 1.54) is 0 Å². The molecule has 0 radical (unpaired) electrons. The number of nitrogens with zero attached hydrogens (tertiary/aromatic N) is 2. The normalized spacial score (nSPS) is 29.3. The molecule has 0 aromatic rings. The van der Waals surface area contributed by atoms with Gasteiger partial charge in [-0.3, -0.25) is 9.69 Å². The number of aliphatic hydroxyl groups excluding tert-OH is 1. The van der Waals surface area contributed by atoms with Crippen LogP contribution in [0.15, 0.2) is 0 Å². The van der Waals surface area contributed by atoms with Crippen molar-refractivity contribution in [1.29, 1.82) is 0 Å². The molecule has 1 saturated carbocycles. The third-order valence-corrected chi connectivity index (χ3v) is 4.08. The molecule has 2 aliphatic rings. The molecule has 15 heavy (non-hydrogen) atoms. The highest BCUT2D eigenvalue weighted by atomic mass is 16.3. The van der Waals surface area contributed by atoms with E-state index in [-0.39, 0.29) is 18.1 Å². The minimum absolute atomic E-state index is 0.110. The summed E-state index contributed by atoms with van der Waals surface area (Å²) in [7, 11) is 1.98. The minimum atomic E-state index is -0.428. The van der Waals surface area contributed by atoms with Gasteiger partial charge in [0.2, 0.25) is 5.91 Å². The summed E-state index contributed by atoms with van der Waals surface area (Å²) < 4.78 is 0. The maximum Gasteiger partial charge on any atom is 0.243 e. The maximum absolute atomic E-state index is 12.3. The van der Waals surface area contributed by atoms with Crippen LogP contribution in [0.25, 0.3) is 0 Å². The summed E-state index contributed by atoms with van der Waals surface area (Å²) in [6.07, 6.45) is 1.91. The molecule has 2 rings (SSSR count). The topological polar surface area (TPSA) is 43.8 Å². The SMILES string of the molecule is CN1CCN(C2(CO)CC2)C(=O)C1(C)C. The van der Waals surface area contributed by atoms with Crippen LogP contribution in [-0.4, -0.2) is 58.6 Å². The Morgan fingerprint density at radius 3 is 2.40 bits per heavy atom. The number of hydrogen-bond donors (Lipinski definition) is 1. The fraction of sp³-hybridized carbons (Fsp3) is 0.909. The average molecular weight is 212 g/mol. The Balaban J connectivity index is 2.20. The first-order valence-corrected chi connectivity index (χ1v) is 5.58. The summed E-state index contributed by atoms with van der Waals surface area (Å²) in [4.78, 5) is 16.3. The predicted molar refractivity (Wildman–Crippen MR) is 57.5 cm³/mol. The number of aliphatic hydroxyl groups is 1. The maximum atomic E-state index is 12.3. The molecule has 1 amide bonds. The molecule has 4 nitrogen and oxygen atoms in total. The lowest BCUT2D eigenvalue weighted by Crippen LogP contribution is -2.65. The number of piperazine rings is 1. The van der Waals surface area contributed by atoms with Crippen molar-refractivity contribution in [2.45, 2.75) is 37.8 Å². The van der Waals surface area contributed by atoms with Crippen molar-refractivity contribution >= 4 is 5.91 Å². The van der Waals surface area contributed by atoms with Gasteiger partial charge in [-0.05, 0) is 33.7 Å². The number of carbonyl (C=O) groups is 1. The summed E-state index contributed by atoms with van der Waals surface area (Å²) in [5.74, 6) is 0.155. The second-order valence-electron chi connectivity index (χ2n) is 5.32. The number of amides is 1. The lowest BCUT2D eigenvalue weighted by molar-refractivity contribution is -0.152. The Kier molecular flexibility index (Phi) is 2.32. The Morgan fingerprint density at radius 2 is 1.93 bits per heavy atom. The third kappa shape index (κ3) is 1.47. The van der Waals surface area contributed by atoms with Gasteiger partial charge in [0.25, 0.3) is 0 Å². The number of hydrogen-bond acceptors (Lipinski definition) is 3. The van der Waals surface area contributed by atoms with Crippen molar-refractivity contribution in [3.05, 3.63) is 0 Å². The molecule has 1 heterocycles. The summed E-state index contributed by atoms with van der Waals surface area (Å²) in [5.41, 5.74) is -0.640. The van der Waals surface area contributed by atoms with Crippen molar-refractivity contribution in [3.63, 3.8) is 0 Å². The molecule has 1 aliphatic carbocycles. The van der Waals surface area contributed by atoms with Gasteiger partial charge in [0.15, 0.2) is 0 Å². The molecular weight excluding hydrogens is 192 g/mol. The summed E-state index contributed by atoms with van der Waals surface area (Å²) in [6, 6.07) is 0. The lowest BCUT2D eigenvalue weighted by atomic mass is 9.96. The van der Waals surface area contributed by atoms with E-state index in [0.717, 1.165) is 25.9 Å². The molecule has 0 atom stereocenters. The molecule has 0 unspecified atom stereocenters. The van der Waals surface area contributed by atoms with Gasteiger partial charge in [0.05, 0.1) is 17.7 Å². The average Bonchev–Trinajstić information content (AvgIpc) is 2.96. The van der Waals surface area contributed by atoms with Gasteiger partial charge < -0.3 is 10.0 Å². The first kappa shape index (κ1) is 10.9. The van der Waals surface area contributed by atoms with Gasteiger partial charge in [-0.15, -0.1) is 0 Å². The monoisotopic (exact) mass is 212 g/mol. The van der Waals surface area contributed by atoms with Crippen LogP contribution in [-0.2, 0) is 4.79 Å². The van der Waals surface area contributed by atoms with E-state index < -0.39 is 5.54 Å². The summed E-state index contributed by atoms with van der Waals surface area (Å²) in [5, 5.41) is 9.36. The largest absolute Gasteiger partial charge is 0.394 e. The Hall–Kier alpha value is -0.610. The second kappa shape index (κ2) is 3.19. The number of rotatable bonds is 2. The molecule has 0 bridgehead atoms. The molecule has 0 aromatic carbocycles. The van der Waals surface area contributed by atoms with Crippen molar-refractivity contribution in [2.75, 3.05) is 26.7 Å².